The molecule has 5 nitrogen and oxygen atoms in total. The highest BCUT2D eigenvalue weighted by Gasteiger charge is 2.03. The fraction of sp³-hybridized carbons (Fsp3) is 0.467. The number of carbonyl (C=O) groups is 1. The monoisotopic (exact) mass is 405 g/mol. The molecule has 1 aromatic carbocycles. The van der Waals surface area contributed by atoms with E-state index in [1.54, 1.807) is 7.05 Å². The number of hydrogen-bond donors (Lipinski definition) is 2. The third kappa shape index (κ3) is 9.28. The van der Waals surface area contributed by atoms with E-state index in [-0.39, 0.29) is 29.9 Å². The van der Waals surface area contributed by atoms with Crippen LogP contribution in [0.2, 0.25) is 0 Å². The Hall–Kier alpha value is -1.31. The number of halogens is 1. The Balaban J connectivity index is 0.00000400. The molecule has 0 saturated carbocycles. The first-order valence-corrected chi connectivity index (χ1v) is 6.84. The van der Waals surface area contributed by atoms with E-state index in [1.807, 2.05) is 37.4 Å². The van der Waals surface area contributed by atoms with Crippen LogP contribution in [0.3, 0.4) is 0 Å². The zero-order chi connectivity index (χ0) is 14.6. The summed E-state index contributed by atoms with van der Waals surface area (Å²) in [6, 6.07) is 9.70. The second-order valence-electron chi connectivity index (χ2n) is 4.35. The normalized spacial score (nSPS) is 10.5. The van der Waals surface area contributed by atoms with Gasteiger partial charge in [0.2, 0.25) is 0 Å². The van der Waals surface area contributed by atoms with Crippen LogP contribution in [0.25, 0.3) is 0 Å². The summed E-state index contributed by atoms with van der Waals surface area (Å²) in [5.41, 5.74) is 1.01. The van der Waals surface area contributed by atoms with Gasteiger partial charge in [-0.3, -0.25) is 9.79 Å². The smallest absolute Gasteiger partial charge is 0.306 e. The predicted molar refractivity (Wildman–Crippen MR) is 95.9 cm³/mol. The Morgan fingerprint density at radius 1 is 1.24 bits per heavy atom. The summed E-state index contributed by atoms with van der Waals surface area (Å²) in [5.74, 6) is 0.614. The topological polar surface area (TPSA) is 62.7 Å². The minimum absolute atomic E-state index is 0. The van der Waals surface area contributed by atoms with Crippen molar-refractivity contribution in [3.8, 4) is 0 Å². The minimum atomic E-state index is -0.146. The molecule has 0 radical (unpaired) electrons. The first kappa shape index (κ1) is 19.7. The molecule has 0 amide bonds. The van der Waals surface area contributed by atoms with E-state index >= 15 is 0 Å². The van der Waals surface area contributed by atoms with Gasteiger partial charge >= 0.3 is 5.97 Å². The number of guanidine groups is 1. The zero-order valence-corrected chi connectivity index (χ0v) is 14.9. The van der Waals surface area contributed by atoms with E-state index < -0.39 is 0 Å². The minimum Gasteiger partial charge on any atom is -0.461 e. The molecule has 6 heteroatoms. The maximum Gasteiger partial charge on any atom is 0.306 e. The van der Waals surface area contributed by atoms with Crippen LogP contribution < -0.4 is 10.6 Å². The van der Waals surface area contributed by atoms with Crippen LogP contribution in [0, 0.1) is 0 Å². The van der Waals surface area contributed by atoms with Crippen LogP contribution >= 0.6 is 24.0 Å². The van der Waals surface area contributed by atoms with Gasteiger partial charge in [0, 0.05) is 27.1 Å². The Bertz CT molecular complexity index is 424. The van der Waals surface area contributed by atoms with Gasteiger partial charge in [-0.25, -0.2) is 0 Å². The van der Waals surface area contributed by atoms with Crippen LogP contribution in [-0.4, -0.2) is 32.6 Å². The highest BCUT2D eigenvalue weighted by molar-refractivity contribution is 14.0. The molecule has 0 spiro atoms. The molecule has 0 atom stereocenters. The lowest BCUT2D eigenvalue weighted by Crippen LogP contribution is -2.35. The summed E-state index contributed by atoms with van der Waals surface area (Å²) in [6.45, 7) is 1.14. The van der Waals surface area contributed by atoms with E-state index in [0.717, 1.165) is 30.9 Å². The van der Waals surface area contributed by atoms with Crippen molar-refractivity contribution >= 4 is 35.9 Å². The molecule has 0 aliphatic carbocycles. The molecule has 2 N–H and O–H groups in total. The number of unbranched alkanes of at least 4 members (excludes halogenated alkanes) is 1. The highest BCUT2D eigenvalue weighted by Crippen LogP contribution is 2.03. The number of carbonyl (C=O) groups excluding carboxylic acids is 1. The van der Waals surface area contributed by atoms with E-state index in [0.29, 0.717) is 13.0 Å². The Morgan fingerprint density at radius 2 is 1.95 bits per heavy atom. The zero-order valence-electron chi connectivity index (χ0n) is 12.6. The number of aliphatic imine (C=N–C) groups is 1. The van der Waals surface area contributed by atoms with Gasteiger partial charge in [-0.05, 0) is 18.4 Å². The van der Waals surface area contributed by atoms with E-state index in [9.17, 15) is 4.79 Å². The maximum absolute atomic E-state index is 11.5. The standard InChI is InChI=1S/C15H23N3O2.HI/c1-16-15(17-2)18-11-7-6-10-14(19)20-12-13-8-4-3-5-9-13;/h3-5,8-9H,6-7,10-12H2,1-2H3,(H2,16,17,18);1H. The van der Waals surface area contributed by atoms with Crippen molar-refractivity contribution < 1.29 is 9.53 Å². The van der Waals surface area contributed by atoms with Crippen molar-refractivity contribution in [1.82, 2.24) is 10.6 Å². The second kappa shape index (κ2) is 12.4. The van der Waals surface area contributed by atoms with Crippen LogP contribution in [-0.2, 0) is 16.1 Å². The largest absolute Gasteiger partial charge is 0.461 e. The highest BCUT2D eigenvalue weighted by atomic mass is 127. The molecule has 0 saturated heterocycles. The number of benzene rings is 1. The van der Waals surface area contributed by atoms with Gasteiger partial charge in [0.1, 0.15) is 6.61 Å². The molecule has 21 heavy (non-hydrogen) atoms. The lowest BCUT2D eigenvalue weighted by Gasteiger charge is -2.08. The van der Waals surface area contributed by atoms with E-state index in [2.05, 4.69) is 15.6 Å². The van der Waals surface area contributed by atoms with Gasteiger partial charge in [-0.2, -0.15) is 0 Å². The molecule has 1 aromatic rings. The number of esters is 1. The molecular weight excluding hydrogens is 381 g/mol. The molecule has 0 heterocycles. The molecule has 0 aromatic heterocycles. The third-order valence-electron chi connectivity index (χ3n) is 2.80. The van der Waals surface area contributed by atoms with Gasteiger partial charge in [0.05, 0.1) is 0 Å². The lowest BCUT2D eigenvalue weighted by molar-refractivity contribution is -0.145. The molecule has 1 rings (SSSR count). The fourth-order valence-corrected chi connectivity index (χ4v) is 1.69. The molecule has 0 bridgehead atoms. The van der Waals surface area contributed by atoms with Crippen molar-refractivity contribution in [3.63, 3.8) is 0 Å². The van der Waals surface area contributed by atoms with Crippen LogP contribution in [0.1, 0.15) is 24.8 Å². The van der Waals surface area contributed by atoms with Gasteiger partial charge in [-0.1, -0.05) is 30.3 Å². The average Bonchev–Trinajstić information content (AvgIpc) is 2.50. The summed E-state index contributed by atoms with van der Waals surface area (Å²) in [5, 5.41) is 6.07. The van der Waals surface area contributed by atoms with Crippen LogP contribution in [0.4, 0.5) is 0 Å². The Morgan fingerprint density at radius 3 is 2.57 bits per heavy atom. The molecule has 0 aliphatic heterocycles. The third-order valence-corrected chi connectivity index (χ3v) is 2.80. The maximum atomic E-state index is 11.5. The quantitative estimate of drug-likeness (QED) is 0.240. The van der Waals surface area contributed by atoms with Gasteiger partial charge in [0.25, 0.3) is 0 Å². The van der Waals surface area contributed by atoms with Gasteiger partial charge < -0.3 is 15.4 Å². The van der Waals surface area contributed by atoms with Crippen molar-refractivity contribution in [2.45, 2.75) is 25.9 Å². The van der Waals surface area contributed by atoms with Gasteiger partial charge in [0.15, 0.2) is 5.96 Å². The number of nitrogens with zero attached hydrogens (tertiary/aromatic N) is 1. The van der Waals surface area contributed by atoms with Crippen molar-refractivity contribution in [3.05, 3.63) is 35.9 Å². The van der Waals surface area contributed by atoms with Crippen molar-refractivity contribution in [2.24, 2.45) is 4.99 Å². The average molecular weight is 405 g/mol. The van der Waals surface area contributed by atoms with Crippen molar-refractivity contribution in [2.75, 3.05) is 20.6 Å². The van der Waals surface area contributed by atoms with Gasteiger partial charge in [-0.15, -0.1) is 24.0 Å². The number of rotatable bonds is 7. The number of ether oxygens (including phenoxy) is 1. The summed E-state index contributed by atoms with van der Waals surface area (Å²) in [4.78, 5) is 15.6. The molecule has 0 aliphatic rings. The number of hydrogen-bond acceptors (Lipinski definition) is 3. The molecule has 0 unspecified atom stereocenters. The fourth-order valence-electron chi connectivity index (χ4n) is 1.69. The van der Waals surface area contributed by atoms with E-state index in [4.69, 9.17) is 4.74 Å². The molecule has 0 fully saturated rings. The second-order valence-corrected chi connectivity index (χ2v) is 4.35. The molecule has 118 valence electrons. The summed E-state index contributed by atoms with van der Waals surface area (Å²) >= 11 is 0. The summed E-state index contributed by atoms with van der Waals surface area (Å²) in [6.07, 6.45) is 2.16. The SMILES string of the molecule is CN=C(NC)NCCCCC(=O)OCc1ccccc1.I. The number of nitrogens with one attached hydrogen (secondary N) is 2. The predicted octanol–water partition coefficient (Wildman–Crippen LogP) is 2.31. The Labute approximate surface area is 143 Å². The lowest BCUT2D eigenvalue weighted by atomic mass is 10.2. The van der Waals surface area contributed by atoms with Crippen molar-refractivity contribution in [1.29, 1.82) is 0 Å². The first-order valence-electron chi connectivity index (χ1n) is 6.84. The molecular formula is C15H24IN3O2. The first-order chi connectivity index (χ1) is 9.76. The summed E-state index contributed by atoms with van der Waals surface area (Å²) < 4.78 is 5.20. The van der Waals surface area contributed by atoms with Crippen LogP contribution in [0.5, 0.6) is 0 Å². The van der Waals surface area contributed by atoms with E-state index in [1.165, 1.54) is 0 Å². The summed E-state index contributed by atoms with van der Waals surface area (Å²) in [7, 11) is 3.54. The van der Waals surface area contributed by atoms with Crippen LogP contribution in [0.15, 0.2) is 35.3 Å². The Kier molecular flexibility index (Phi) is 11.7.